The Morgan fingerprint density at radius 1 is 1.05 bits per heavy atom. The van der Waals surface area contributed by atoms with Gasteiger partial charge in [-0.05, 0) is 52.0 Å². The fourth-order valence-corrected chi connectivity index (χ4v) is 4.41. The Labute approximate surface area is 132 Å². The molecule has 1 aliphatic heterocycles. The van der Waals surface area contributed by atoms with E-state index in [1.807, 2.05) is 0 Å². The molecule has 2 rings (SSSR count). The lowest BCUT2D eigenvalue weighted by atomic mass is 9.75. The number of hydrogen-bond acceptors (Lipinski definition) is 3. The topological polar surface area (TPSA) is 32.5 Å². The zero-order chi connectivity index (χ0) is 15.5. The molecular weight excluding hydrogens is 258 g/mol. The summed E-state index contributed by atoms with van der Waals surface area (Å²) in [6.07, 6.45) is 6.91. The first-order valence-corrected chi connectivity index (χ1v) is 9.14. The van der Waals surface area contributed by atoms with E-state index in [9.17, 15) is 0 Å². The molecule has 1 saturated carbocycles. The number of hydrogen-bond donors (Lipinski definition) is 1. The smallest absolute Gasteiger partial charge is 0.0139 e. The van der Waals surface area contributed by atoms with Gasteiger partial charge in [0, 0.05) is 37.8 Å². The molecule has 1 heterocycles. The molecule has 3 nitrogen and oxygen atoms in total. The van der Waals surface area contributed by atoms with Crippen molar-refractivity contribution in [1.82, 2.24) is 9.80 Å². The first kappa shape index (κ1) is 17.2. The van der Waals surface area contributed by atoms with E-state index in [2.05, 4.69) is 37.5 Å². The number of piperazine rings is 1. The molecule has 0 bridgehead atoms. The van der Waals surface area contributed by atoms with Crippen molar-refractivity contribution in [3.8, 4) is 0 Å². The molecule has 2 fully saturated rings. The Morgan fingerprint density at radius 3 is 2.24 bits per heavy atom. The van der Waals surface area contributed by atoms with E-state index in [1.54, 1.807) is 0 Å². The minimum absolute atomic E-state index is 0.316. The third kappa shape index (κ3) is 4.43. The van der Waals surface area contributed by atoms with Crippen LogP contribution in [0, 0.1) is 11.8 Å². The van der Waals surface area contributed by atoms with Crippen molar-refractivity contribution >= 4 is 0 Å². The summed E-state index contributed by atoms with van der Waals surface area (Å²) < 4.78 is 0. The predicted molar refractivity (Wildman–Crippen MR) is 91.5 cm³/mol. The SMILES string of the molecule is CCCC1CCC(CN)C(N2CCN(C(C)(C)C)CC2)C1. The first-order chi connectivity index (χ1) is 9.95. The van der Waals surface area contributed by atoms with E-state index < -0.39 is 0 Å². The summed E-state index contributed by atoms with van der Waals surface area (Å²) in [6, 6.07) is 0.752. The highest BCUT2D eigenvalue weighted by Gasteiger charge is 2.36. The summed E-state index contributed by atoms with van der Waals surface area (Å²) in [4.78, 5) is 5.40. The second kappa shape index (κ2) is 7.43. The van der Waals surface area contributed by atoms with Crippen LogP contribution in [0.3, 0.4) is 0 Å². The maximum atomic E-state index is 6.08. The minimum Gasteiger partial charge on any atom is -0.330 e. The zero-order valence-electron chi connectivity index (χ0n) is 14.8. The second-order valence-corrected chi connectivity index (χ2v) is 8.22. The molecule has 124 valence electrons. The molecule has 3 heteroatoms. The third-order valence-electron chi connectivity index (χ3n) is 5.80. The van der Waals surface area contributed by atoms with E-state index >= 15 is 0 Å². The van der Waals surface area contributed by atoms with E-state index in [1.165, 1.54) is 58.3 Å². The van der Waals surface area contributed by atoms with E-state index in [0.717, 1.165) is 24.4 Å². The van der Waals surface area contributed by atoms with Crippen molar-refractivity contribution < 1.29 is 0 Å². The molecule has 3 unspecified atom stereocenters. The van der Waals surface area contributed by atoms with Crippen LogP contribution in [0.2, 0.25) is 0 Å². The zero-order valence-corrected chi connectivity index (χ0v) is 14.8. The summed E-state index contributed by atoms with van der Waals surface area (Å²) >= 11 is 0. The molecular formula is C18H37N3. The van der Waals surface area contributed by atoms with Crippen molar-refractivity contribution in [1.29, 1.82) is 0 Å². The quantitative estimate of drug-likeness (QED) is 0.865. The summed E-state index contributed by atoms with van der Waals surface area (Å²) in [7, 11) is 0. The summed E-state index contributed by atoms with van der Waals surface area (Å²) in [5, 5.41) is 0. The van der Waals surface area contributed by atoms with Crippen LogP contribution in [0.4, 0.5) is 0 Å². The molecule has 2 aliphatic rings. The van der Waals surface area contributed by atoms with Crippen molar-refractivity contribution in [2.75, 3.05) is 32.7 Å². The van der Waals surface area contributed by atoms with E-state index in [-0.39, 0.29) is 0 Å². The first-order valence-electron chi connectivity index (χ1n) is 9.14. The standard InChI is InChI=1S/C18H37N3/c1-5-6-15-7-8-16(14-19)17(13-15)20-9-11-21(12-10-20)18(2,3)4/h15-17H,5-14,19H2,1-4H3. The van der Waals surface area contributed by atoms with Gasteiger partial charge in [-0.2, -0.15) is 0 Å². The van der Waals surface area contributed by atoms with Crippen LogP contribution < -0.4 is 5.73 Å². The lowest BCUT2D eigenvalue weighted by Crippen LogP contribution is -2.58. The normalized spacial score (nSPS) is 33.3. The van der Waals surface area contributed by atoms with Crippen LogP contribution >= 0.6 is 0 Å². The van der Waals surface area contributed by atoms with Crippen LogP contribution in [0.1, 0.15) is 59.8 Å². The van der Waals surface area contributed by atoms with Crippen molar-refractivity contribution in [2.24, 2.45) is 17.6 Å². The molecule has 0 aromatic heterocycles. The van der Waals surface area contributed by atoms with Crippen molar-refractivity contribution in [3.05, 3.63) is 0 Å². The van der Waals surface area contributed by atoms with Crippen LogP contribution in [0.15, 0.2) is 0 Å². The van der Waals surface area contributed by atoms with Gasteiger partial charge in [-0.3, -0.25) is 9.80 Å². The molecule has 0 spiro atoms. The van der Waals surface area contributed by atoms with E-state index in [0.29, 0.717) is 5.54 Å². The summed E-state index contributed by atoms with van der Waals surface area (Å²) in [5.74, 6) is 1.68. The predicted octanol–water partition coefficient (Wildman–Crippen LogP) is 2.95. The van der Waals surface area contributed by atoms with Gasteiger partial charge in [0.15, 0.2) is 0 Å². The number of nitrogens with zero attached hydrogens (tertiary/aromatic N) is 2. The Bertz CT molecular complexity index is 302. The summed E-state index contributed by atoms with van der Waals surface area (Å²) in [5.41, 5.74) is 6.40. The van der Waals surface area contributed by atoms with Crippen LogP contribution in [0.25, 0.3) is 0 Å². The van der Waals surface area contributed by atoms with Gasteiger partial charge in [0.2, 0.25) is 0 Å². The Balaban J connectivity index is 1.92. The fourth-order valence-electron chi connectivity index (χ4n) is 4.41. The van der Waals surface area contributed by atoms with Crippen LogP contribution in [-0.4, -0.2) is 54.1 Å². The maximum Gasteiger partial charge on any atom is 0.0139 e. The molecule has 21 heavy (non-hydrogen) atoms. The van der Waals surface area contributed by atoms with Gasteiger partial charge in [-0.1, -0.05) is 26.2 Å². The van der Waals surface area contributed by atoms with Gasteiger partial charge < -0.3 is 5.73 Å². The highest BCUT2D eigenvalue weighted by atomic mass is 15.3. The minimum atomic E-state index is 0.316. The lowest BCUT2D eigenvalue weighted by Gasteiger charge is -2.48. The van der Waals surface area contributed by atoms with Gasteiger partial charge in [-0.15, -0.1) is 0 Å². The molecule has 0 aromatic rings. The van der Waals surface area contributed by atoms with E-state index in [4.69, 9.17) is 5.73 Å². The van der Waals surface area contributed by atoms with Crippen molar-refractivity contribution in [2.45, 2.75) is 71.4 Å². The largest absolute Gasteiger partial charge is 0.330 e. The molecule has 0 aromatic carbocycles. The molecule has 2 N–H and O–H groups in total. The van der Waals surface area contributed by atoms with Gasteiger partial charge in [0.1, 0.15) is 0 Å². The maximum absolute atomic E-state index is 6.08. The number of rotatable bonds is 4. The van der Waals surface area contributed by atoms with Gasteiger partial charge in [0.25, 0.3) is 0 Å². The number of nitrogens with two attached hydrogens (primary N) is 1. The molecule has 0 amide bonds. The Kier molecular flexibility index (Phi) is 6.10. The van der Waals surface area contributed by atoms with Gasteiger partial charge in [0.05, 0.1) is 0 Å². The third-order valence-corrected chi connectivity index (χ3v) is 5.80. The molecule has 1 aliphatic carbocycles. The molecule has 0 radical (unpaired) electrons. The van der Waals surface area contributed by atoms with Gasteiger partial charge >= 0.3 is 0 Å². The Hall–Kier alpha value is -0.120. The highest BCUT2D eigenvalue weighted by Crippen LogP contribution is 2.35. The average Bonchev–Trinajstić information content (AvgIpc) is 2.47. The van der Waals surface area contributed by atoms with Crippen LogP contribution in [0.5, 0.6) is 0 Å². The van der Waals surface area contributed by atoms with Crippen LogP contribution in [-0.2, 0) is 0 Å². The highest BCUT2D eigenvalue weighted by molar-refractivity contribution is 4.91. The Morgan fingerprint density at radius 2 is 1.71 bits per heavy atom. The lowest BCUT2D eigenvalue weighted by molar-refractivity contribution is 0.00748. The molecule has 1 saturated heterocycles. The second-order valence-electron chi connectivity index (χ2n) is 8.22. The van der Waals surface area contributed by atoms with Crippen molar-refractivity contribution in [3.63, 3.8) is 0 Å². The fraction of sp³-hybridized carbons (Fsp3) is 1.00. The average molecular weight is 296 g/mol. The monoisotopic (exact) mass is 295 g/mol. The molecule has 3 atom stereocenters. The van der Waals surface area contributed by atoms with Gasteiger partial charge in [-0.25, -0.2) is 0 Å². The summed E-state index contributed by atoms with van der Waals surface area (Å²) in [6.45, 7) is 15.1.